The standard InChI is InChI=1S/C17H18N2O5/c1-12(11-15(20)16-7-4-10-24-16)18-17(21)9-8-13-5-2-3-6-14(13)19(22)23/h2-10,12,15,20H,11H2,1H3,(H,18,21)/b9-8+. The number of nitro groups is 1. The molecule has 0 radical (unpaired) electrons. The van der Waals surface area contributed by atoms with E-state index in [4.69, 9.17) is 4.42 Å². The molecule has 1 amide bonds. The quantitative estimate of drug-likeness (QED) is 0.461. The Morgan fingerprint density at radius 1 is 1.38 bits per heavy atom. The highest BCUT2D eigenvalue weighted by molar-refractivity contribution is 5.92. The summed E-state index contributed by atoms with van der Waals surface area (Å²) in [6.45, 7) is 1.75. The van der Waals surface area contributed by atoms with Crippen LogP contribution < -0.4 is 5.32 Å². The van der Waals surface area contributed by atoms with Crippen LogP contribution in [0.5, 0.6) is 0 Å². The zero-order chi connectivity index (χ0) is 17.5. The van der Waals surface area contributed by atoms with Gasteiger partial charge in [-0.05, 0) is 31.2 Å². The number of nitrogens with one attached hydrogen (secondary N) is 1. The molecule has 24 heavy (non-hydrogen) atoms. The summed E-state index contributed by atoms with van der Waals surface area (Å²) >= 11 is 0. The Morgan fingerprint density at radius 2 is 2.12 bits per heavy atom. The Kier molecular flexibility index (Phi) is 5.86. The molecule has 2 rings (SSSR count). The summed E-state index contributed by atoms with van der Waals surface area (Å²) in [5, 5.41) is 23.6. The first-order chi connectivity index (χ1) is 11.5. The van der Waals surface area contributed by atoms with E-state index in [9.17, 15) is 20.0 Å². The molecule has 2 N–H and O–H groups in total. The molecule has 0 spiro atoms. The van der Waals surface area contributed by atoms with Gasteiger partial charge >= 0.3 is 0 Å². The summed E-state index contributed by atoms with van der Waals surface area (Å²) in [6.07, 6.45) is 3.58. The zero-order valence-corrected chi connectivity index (χ0v) is 13.1. The van der Waals surface area contributed by atoms with E-state index in [2.05, 4.69) is 5.32 Å². The van der Waals surface area contributed by atoms with Gasteiger partial charge < -0.3 is 14.8 Å². The smallest absolute Gasteiger partial charge is 0.276 e. The van der Waals surface area contributed by atoms with Gasteiger partial charge in [0.25, 0.3) is 5.69 Å². The highest BCUT2D eigenvalue weighted by Gasteiger charge is 2.16. The molecule has 0 bridgehead atoms. The predicted molar refractivity (Wildman–Crippen MR) is 88.0 cm³/mol. The van der Waals surface area contributed by atoms with Crippen molar-refractivity contribution < 1.29 is 19.2 Å². The Balaban J connectivity index is 1.92. The summed E-state index contributed by atoms with van der Waals surface area (Å²) in [5.41, 5.74) is 0.281. The molecule has 0 aliphatic rings. The van der Waals surface area contributed by atoms with E-state index in [1.165, 1.54) is 24.5 Å². The molecular weight excluding hydrogens is 312 g/mol. The second kappa shape index (κ2) is 8.07. The topological polar surface area (TPSA) is 106 Å². The largest absolute Gasteiger partial charge is 0.467 e. The number of hydrogen-bond donors (Lipinski definition) is 2. The van der Waals surface area contributed by atoms with Crippen molar-refractivity contribution in [2.24, 2.45) is 0 Å². The van der Waals surface area contributed by atoms with E-state index in [1.807, 2.05) is 0 Å². The minimum Gasteiger partial charge on any atom is -0.467 e. The van der Waals surface area contributed by atoms with Crippen LogP contribution in [0.1, 0.15) is 30.8 Å². The van der Waals surface area contributed by atoms with Gasteiger partial charge in [0, 0.05) is 24.6 Å². The minimum atomic E-state index is -0.811. The van der Waals surface area contributed by atoms with Crippen LogP contribution in [0, 0.1) is 10.1 Å². The van der Waals surface area contributed by atoms with E-state index in [0.29, 0.717) is 17.7 Å². The fourth-order valence-corrected chi connectivity index (χ4v) is 2.24. The van der Waals surface area contributed by atoms with E-state index in [1.54, 1.807) is 37.3 Å². The van der Waals surface area contributed by atoms with Crippen LogP contribution in [0.3, 0.4) is 0 Å². The van der Waals surface area contributed by atoms with Crippen molar-refractivity contribution in [3.05, 3.63) is 70.2 Å². The van der Waals surface area contributed by atoms with Gasteiger partial charge in [0.05, 0.1) is 16.7 Å². The number of para-hydroxylation sites is 1. The van der Waals surface area contributed by atoms with Crippen LogP contribution in [0.2, 0.25) is 0 Å². The number of aliphatic hydroxyl groups is 1. The van der Waals surface area contributed by atoms with Crippen LogP contribution in [0.4, 0.5) is 5.69 Å². The van der Waals surface area contributed by atoms with Crippen molar-refractivity contribution in [1.82, 2.24) is 5.32 Å². The molecule has 0 saturated carbocycles. The average molecular weight is 330 g/mol. The molecular formula is C17H18N2O5. The van der Waals surface area contributed by atoms with Gasteiger partial charge in [-0.25, -0.2) is 0 Å². The Labute approximate surface area is 138 Å². The number of amides is 1. The number of rotatable bonds is 7. The normalized spacial score (nSPS) is 13.6. The van der Waals surface area contributed by atoms with E-state index in [0.717, 1.165) is 0 Å². The van der Waals surface area contributed by atoms with Crippen LogP contribution in [0.25, 0.3) is 6.08 Å². The predicted octanol–water partition coefficient (Wildman–Crippen LogP) is 2.83. The number of nitrogens with zero attached hydrogens (tertiary/aromatic N) is 1. The van der Waals surface area contributed by atoms with E-state index < -0.39 is 16.9 Å². The van der Waals surface area contributed by atoms with Crippen LogP contribution in [-0.4, -0.2) is 22.0 Å². The molecule has 2 atom stereocenters. The summed E-state index contributed by atoms with van der Waals surface area (Å²) in [7, 11) is 0. The first-order valence-electron chi connectivity index (χ1n) is 7.41. The SMILES string of the molecule is CC(CC(O)c1ccco1)NC(=O)/C=C/c1ccccc1[N+](=O)[O-]. The summed E-state index contributed by atoms with van der Waals surface area (Å²) in [6, 6.07) is 9.20. The molecule has 1 aromatic carbocycles. The van der Waals surface area contributed by atoms with E-state index >= 15 is 0 Å². The number of carbonyl (C=O) groups is 1. The number of hydrogen-bond acceptors (Lipinski definition) is 5. The third-order valence-corrected chi connectivity index (χ3v) is 3.38. The van der Waals surface area contributed by atoms with Gasteiger partial charge in [0.2, 0.25) is 5.91 Å². The first kappa shape index (κ1) is 17.4. The van der Waals surface area contributed by atoms with Crippen molar-refractivity contribution in [2.75, 3.05) is 0 Å². The summed E-state index contributed by atoms with van der Waals surface area (Å²) in [5.74, 6) is 0.0406. The third kappa shape index (κ3) is 4.79. The molecule has 126 valence electrons. The number of carbonyl (C=O) groups excluding carboxylic acids is 1. The lowest BCUT2D eigenvalue weighted by molar-refractivity contribution is -0.385. The van der Waals surface area contributed by atoms with Gasteiger partial charge in [-0.15, -0.1) is 0 Å². The fraction of sp³-hybridized carbons (Fsp3) is 0.235. The second-order valence-electron chi connectivity index (χ2n) is 5.33. The third-order valence-electron chi connectivity index (χ3n) is 3.38. The van der Waals surface area contributed by atoms with Crippen LogP contribution in [-0.2, 0) is 4.79 Å². The van der Waals surface area contributed by atoms with Gasteiger partial charge in [0.1, 0.15) is 11.9 Å². The average Bonchev–Trinajstić information content (AvgIpc) is 3.07. The zero-order valence-electron chi connectivity index (χ0n) is 13.1. The van der Waals surface area contributed by atoms with Gasteiger partial charge in [-0.3, -0.25) is 14.9 Å². The summed E-state index contributed by atoms with van der Waals surface area (Å²) in [4.78, 5) is 22.3. The molecule has 0 aliphatic heterocycles. The van der Waals surface area contributed by atoms with Crippen molar-refractivity contribution in [2.45, 2.75) is 25.5 Å². The lowest BCUT2D eigenvalue weighted by atomic mass is 10.1. The van der Waals surface area contributed by atoms with Crippen LogP contribution >= 0.6 is 0 Å². The van der Waals surface area contributed by atoms with Crippen molar-refractivity contribution >= 4 is 17.7 Å². The Morgan fingerprint density at radius 3 is 2.79 bits per heavy atom. The monoisotopic (exact) mass is 330 g/mol. The maximum Gasteiger partial charge on any atom is 0.276 e. The molecule has 2 unspecified atom stereocenters. The Bertz CT molecular complexity index is 724. The fourth-order valence-electron chi connectivity index (χ4n) is 2.24. The molecule has 1 heterocycles. The van der Waals surface area contributed by atoms with Crippen LogP contribution in [0.15, 0.2) is 53.2 Å². The lowest BCUT2D eigenvalue weighted by Crippen LogP contribution is -2.32. The van der Waals surface area contributed by atoms with Gasteiger partial charge in [-0.2, -0.15) is 0 Å². The maximum atomic E-state index is 11.9. The second-order valence-corrected chi connectivity index (χ2v) is 5.33. The lowest BCUT2D eigenvalue weighted by Gasteiger charge is -2.15. The molecule has 1 aromatic heterocycles. The highest BCUT2D eigenvalue weighted by Crippen LogP contribution is 2.20. The molecule has 0 saturated heterocycles. The molecule has 0 fully saturated rings. The van der Waals surface area contributed by atoms with E-state index in [-0.39, 0.29) is 11.7 Å². The van der Waals surface area contributed by atoms with Gasteiger partial charge in [0.15, 0.2) is 0 Å². The van der Waals surface area contributed by atoms with Gasteiger partial charge in [-0.1, -0.05) is 12.1 Å². The minimum absolute atomic E-state index is 0.0668. The summed E-state index contributed by atoms with van der Waals surface area (Å²) < 4.78 is 5.10. The molecule has 0 aliphatic carbocycles. The molecule has 2 aromatic rings. The van der Waals surface area contributed by atoms with Crippen molar-refractivity contribution in [3.8, 4) is 0 Å². The molecule has 7 nitrogen and oxygen atoms in total. The Hall–Kier alpha value is -2.93. The number of aliphatic hydroxyl groups excluding tert-OH is 1. The first-order valence-corrected chi connectivity index (χ1v) is 7.41. The van der Waals surface area contributed by atoms with Crippen molar-refractivity contribution in [3.63, 3.8) is 0 Å². The number of benzene rings is 1. The van der Waals surface area contributed by atoms with Crippen molar-refractivity contribution in [1.29, 1.82) is 0 Å². The number of nitro benzene ring substituents is 1. The molecule has 7 heteroatoms. The highest BCUT2D eigenvalue weighted by atomic mass is 16.6. The number of furan rings is 1. The maximum absolute atomic E-state index is 11.9.